The third-order valence-corrected chi connectivity index (χ3v) is 7.16. The Morgan fingerprint density at radius 2 is 1.70 bits per heavy atom. The molecule has 0 fully saturated rings. The summed E-state index contributed by atoms with van der Waals surface area (Å²) in [7, 11) is 0. The Kier molecular flexibility index (Phi) is 8.39. The van der Waals surface area contributed by atoms with Crippen LogP contribution in [0.2, 0.25) is 5.02 Å². The van der Waals surface area contributed by atoms with Crippen molar-refractivity contribution in [2.75, 3.05) is 13.2 Å². The molecule has 0 saturated carbocycles. The summed E-state index contributed by atoms with van der Waals surface area (Å²) in [6.07, 6.45) is 9.04. The van der Waals surface area contributed by atoms with E-state index in [2.05, 4.69) is 23.5 Å². The molecule has 0 amide bonds. The molecule has 190 valence electrons. The third kappa shape index (κ3) is 6.71. The van der Waals surface area contributed by atoms with Crippen LogP contribution in [0.1, 0.15) is 44.1 Å². The number of hydrogen-bond donors (Lipinski definition) is 1. The molecule has 5 rings (SSSR count). The van der Waals surface area contributed by atoms with Gasteiger partial charge in [-0.05, 0) is 60.7 Å². The Balaban J connectivity index is 1.04. The average Bonchev–Trinajstić information content (AvgIpc) is 2.94. The van der Waals surface area contributed by atoms with Crippen molar-refractivity contribution in [3.05, 3.63) is 106 Å². The number of benzene rings is 3. The maximum absolute atomic E-state index is 12.7. The Morgan fingerprint density at radius 3 is 2.54 bits per heavy atom. The van der Waals surface area contributed by atoms with Crippen LogP contribution < -0.4 is 15.5 Å². The van der Waals surface area contributed by atoms with E-state index in [0.717, 1.165) is 36.4 Å². The second-order valence-electron chi connectivity index (χ2n) is 9.60. The van der Waals surface area contributed by atoms with Crippen molar-refractivity contribution in [1.82, 2.24) is 5.32 Å². The molecule has 1 atom stereocenters. The second-order valence-corrected chi connectivity index (χ2v) is 10.0. The fourth-order valence-corrected chi connectivity index (χ4v) is 5.01. The van der Waals surface area contributed by atoms with Crippen molar-refractivity contribution in [2.45, 2.75) is 44.6 Å². The molecule has 0 bridgehead atoms. The molecule has 1 unspecified atom stereocenters. The number of nitrogens with one attached hydrogen (secondary N) is 1. The van der Waals surface area contributed by atoms with E-state index < -0.39 is 0 Å². The van der Waals surface area contributed by atoms with Crippen LogP contribution in [0.5, 0.6) is 5.75 Å². The molecule has 0 radical (unpaired) electrons. The first-order chi connectivity index (χ1) is 18.2. The van der Waals surface area contributed by atoms with Crippen molar-refractivity contribution in [3.63, 3.8) is 0 Å². The normalized spacial score (nSPS) is 15.5. The number of halogens is 1. The molecular formula is C32H32ClNO3. The Bertz CT molecular complexity index is 1410. The minimum absolute atomic E-state index is 0.0593. The molecule has 1 aliphatic rings. The third-order valence-electron chi connectivity index (χ3n) is 6.91. The van der Waals surface area contributed by atoms with E-state index >= 15 is 0 Å². The summed E-state index contributed by atoms with van der Waals surface area (Å²) in [5.41, 5.74) is 4.09. The molecule has 5 heteroatoms. The second kappa shape index (κ2) is 12.3. The molecule has 4 nitrogen and oxygen atoms in total. The fourth-order valence-electron chi connectivity index (χ4n) is 4.88. The molecular weight excluding hydrogens is 482 g/mol. The zero-order chi connectivity index (χ0) is 25.5. The van der Waals surface area contributed by atoms with Gasteiger partial charge in [0.25, 0.3) is 0 Å². The maximum Gasteiger partial charge on any atom is 0.193 e. The summed E-state index contributed by atoms with van der Waals surface area (Å²) in [5.74, 6) is 1.28. The lowest BCUT2D eigenvalue weighted by Gasteiger charge is -2.24. The monoisotopic (exact) mass is 513 g/mol. The molecule has 2 heterocycles. The van der Waals surface area contributed by atoms with E-state index in [4.69, 9.17) is 20.8 Å². The van der Waals surface area contributed by atoms with Crippen LogP contribution in [0.3, 0.4) is 0 Å². The van der Waals surface area contributed by atoms with Crippen LogP contribution in [0.4, 0.5) is 0 Å². The minimum atomic E-state index is -0.0593. The molecule has 0 saturated heterocycles. The zero-order valence-corrected chi connectivity index (χ0v) is 21.7. The summed E-state index contributed by atoms with van der Waals surface area (Å²) in [6, 6.07) is 25.4. The molecule has 1 aromatic heterocycles. The lowest BCUT2D eigenvalue weighted by atomic mass is 9.92. The van der Waals surface area contributed by atoms with E-state index in [1.807, 2.05) is 54.6 Å². The largest absolute Gasteiger partial charge is 0.494 e. The number of unbranched alkanes of at least 4 members (excludes halogenated alkanes) is 3. The minimum Gasteiger partial charge on any atom is -0.494 e. The van der Waals surface area contributed by atoms with Gasteiger partial charge in [-0.1, -0.05) is 79.4 Å². The van der Waals surface area contributed by atoms with Crippen LogP contribution in [0.15, 0.2) is 94.2 Å². The Hall–Kier alpha value is -3.34. The van der Waals surface area contributed by atoms with Crippen molar-refractivity contribution < 1.29 is 9.15 Å². The first kappa shape index (κ1) is 25.3. The van der Waals surface area contributed by atoms with Crippen molar-refractivity contribution in [1.29, 1.82) is 0 Å². The molecule has 37 heavy (non-hydrogen) atoms. The lowest BCUT2D eigenvalue weighted by Crippen LogP contribution is -2.32. The van der Waals surface area contributed by atoms with Gasteiger partial charge < -0.3 is 14.5 Å². The van der Waals surface area contributed by atoms with E-state index in [-0.39, 0.29) is 5.43 Å². The van der Waals surface area contributed by atoms with Crippen molar-refractivity contribution in [2.24, 2.45) is 0 Å². The van der Waals surface area contributed by atoms with Gasteiger partial charge in [0.05, 0.1) is 12.0 Å². The van der Waals surface area contributed by atoms with Crippen molar-refractivity contribution in [3.8, 4) is 17.1 Å². The maximum atomic E-state index is 12.7. The number of rotatable bonds is 10. The smallest absolute Gasteiger partial charge is 0.193 e. The van der Waals surface area contributed by atoms with Gasteiger partial charge >= 0.3 is 0 Å². The van der Waals surface area contributed by atoms with Crippen LogP contribution in [0, 0.1) is 0 Å². The molecule has 0 spiro atoms. The molecule has 4 aromatic rings. The average molecular weight is 514 g/mol. The lowest BCUT2D eigenvalue weighted by molar-refractivity contribution is 0.304. The SMILES string of the molecule is O=c1cc(-c2ccccc2)oc2ccc(OCCCCCCC3CC(c4ccc(Cl)cc4)=CCN3)cc12. The van der Waals surface area contributed by atoms with E-state index in [0.29, 0.717) is 35.1 Å². The van der Waals surface area contributed by atoms with Gasteiger partial charge in [0.1, 0.15) is 17.1 Å². The number of ether oxygens (including phenoxy) is 1. The first-order valence-electron chi connectivity index (χ1n) is 13.1. The summed E-state index contributed by atoms with van der Waals surface area (Å²) < 4.78 is 11.9. The van der Waals surface area contributed by atoms with E-state index in [1.165, 1.54) is 30.4 Å². The highest BCUT2D eigenvalue weighted by molar-refractivity contribution is 6.30. The van der Waals surface area contributed by atoms with Gasteiger partial charge in [0, 0.05) is 29.2 Å². The van der Waals surface area contributed by atoms with Gasteiger partial charge in [-0.25, -0.2) is 0 Å². The van der Waals surface area contributed by atoms with Gasteiger partial charge in [0.2, 0.25) is 0 Å². The molecule has 1 N–H and O–H groups in total. The fraction of sp³-hybridized carbons (Fsp3) is 0.281. The van der Waals surface area contributed by atoms with Gasteiger partial charge in [-0.3, -0.25) is 4.79 Å². The topological polar surface area (TPSA) is 51.5 Å². The van der Waals surface area contributed by atoms with Crippen LogP contribution in [0.25, 0.3) is 27.9 Å². The summed E-state index contributed by atoms with van der Waals surface area (Å²) in [5, 5.41) is 4.95. The summed E-state index contributed by atoms with van der Waals surface area (Å²) in [4.78, 5) is 12.7. The highest BCUT2D eigenvalue weighted by Gasteiger charge is 2.15. The highest BCUT2D eigenvalue weighted by atomic mass is 35.5. The van der Waals surface area contributed by atoms with Gasteiger partial charge in [-0.15, -0.1) is 0 Å². The van der Waals surface area contributed by atoms with Crippen LogP contribution in [-0.4, -0.2) is 19.2 Å². The van der Waals surface area contributed by atoms with Gasteiger partial charge in [0.15, 0.2) is 5.43 Å². The van der Waals surface area contributed by atoms with Crippen molar-refractivity contribution >= 4 is 28.1 Å². The standard InChI is InChI=1S/C32H32ClNO3/c33-26-13-11-23(12-14-26)25-17-18-34-27(20-25)10-6-1-2-7-19-36-28-15-16-31-29(21-28)30(35)22-32(37-31)24-8-4-3-5-9-24/h3-5,8-9,11-17,21-22,27,34H,1-2,6-7,10,18-20H2. The van der Waals surface area contributed by atoms with Gasteiger partial charge in [-0.2, -0.15) is 0 Å². The molecule has 1 aliphatic heterocycles. The van der Waals surface area contributed by atoms with E-state index in [9.17, 15) is 4.79 Å². The number of hydrogen-bond acceptors (Lipinski definition) is 4. The summed E-state index contributed by atoms with van der Waals surface area (Å²) in [6.45, 7) is 1.57. The number of fused-ring (bicyclic) bond motifs is 1. The zero-order valence-electron chi connectivity index (χ0n) is 20.9. The van der Waals surface area contributed by atoms with Crippen LogP contribution >= 0.6 is 11.6 Å². The van der Waals surface area contributed by atoms with Crippen LogP contribution in [-0.2, 0) is 0 Å². The van der Waals surface area contributed by atoms with E-state index in [1.54, 1.807) is 12.1 Å². The predicted octanol–water partition coefficient (Wildman–Crippen LogP) is 7.89. The molecule has 0 aliphatic carbocycles. The first-order valence-corrected chi connectivity index (χ1v) is 13.5. The Labute approximate surface area is 222 Å². The predicted molar refractivity (Wildman–Crippen MR) is 152 cm³/mol. The molecule has 3 aromatic carbocycles. The highest BCUT2D eigenvalue weighted by Crippen LogP contribution is 2.27. The summed E-state index contributed by atoms with van der Waals surface area (Å²) >= 11 is 6.03. The quantitative estimate of drug-likeness (QED) is 0.219. The Morgan fingerprint density at radius 1 is 0.892 bits per heavy atom.